The Labute approximate surface area is 158 Å². The molecule has 0 aromatic heterocycles. The fraction of sp³-hybridized carbons (Fsp3) is 0.700. The molecule has 26 heavy (non-hydrogen) atoms. The number of piperidine rings is 1. The van der Waals surface area contributed by atoms with Gasteiger partial charge < -0.3 is 14.9 Å². The van der Waals surface area contributed by atoms with Crippen LogP contribution in [0.15, 0.2) is 12.1 Å². The zero-order chi connectivity index (χ0) is 17.0. The summed E-state index contributed by atoms with van der Waals surface area (Å²) in [6, 6.07) is 3.65. The molecule has 4 nitrogen and oxygen atoms in total. The van der Waals surface area contributed by atoms with E-state index in [0.29, 0.717) is 25.0 Å². The van der Waals surface area contributed by atoms with Gasteiger partial charge in [0.05, 0.1) is 11.0 Å². The zero-order valence-electron chi connectivity index (χ0n) is 14.7. The van der Waals surface area contributed by atoms with Crippen LogP contribution in [0.25, 0.3) is 0 Å². The zero-order valence-corrected chi connectivity index (χ0v) is 15.5. The Balaban J connectivity index is 0.00000150. The van der Waals surface area contributed by atoms with Crippen molar-refractivity contribution in [1.82, 2.24) is 4.90 Å². The van der Waals surface area contributed by atoms with Crippen molar-refractivity contribution < 1.29 is 19.3 Å². The van der Waals surface area contributed by atoms with E-state index in [4.69, 9.17) is 4.74 Å². The van der Waals surface area contributed by atoms with Gasteiger partial charge in [0.15, 0.2) is 11.5 Å². The van der Waals surface area contributed by atoms with Gasteiger partial charge in [0, 0.05) is 18.2 Å². The number of hydrogen-bond donors (Lipinski definition) is 2. The summed E-state index contributed by atoms with van der Waals surface area (Å²) in [7, 11) is 0. The lowest BCUT2D eigenvalue weighted by molar-refractivity contribution is -0.199. The molecule has 142 valence electrons. The molecule has 2 heterocycles. The van der Waals surface area contributed by atoms with Crippen LogP contribution in [0.4, 0.5) is 4.39 Å². The molecule has 2 saturated carbocycles. The van der Waals surface area contributed by atoms with Gasteiger partial charge in [-0.15, -0.1) is 12.4 Å². The molecule has 1 aromatic carbocycles. The second-order valence-electron chi connectivity index (χ2n) is 8.84. The molecule has 1 aromatic rings. The molecule has 3 fully saturated rings. The molecule has 0 amide bonds. The Hall–Kier alpha value is -1.04. The Kier molecular flexibility index (Phi) is 3.46. The molecule has 2 bridgehead atoms. The van der Waals surface area contributed by atoms with Gasteiger partial charge in [-0.25, -0.2) is 4.39 Å². The van der Waals surface area contributed by atoms with Gasteiger partial charge in [-0.3, -0.25) is 4.90 Å². The van der Waals surface area contributed by atoms with Crippen LogP contribution in [-0.4, -0.2) is 52.1 Å². The minimum absolute atomic E-state index is 0. The first kappa shape index (κ1) is 17.1. The molecule has 6 heteroatoms. The van der Waals surface area contributed by atoms with Gasteiger partial charge >= 0.3 is 0 Å². The van der Waals surface area contributed by atoms with Crippen molar-refractivity contribution in [1.29, 1.82) is 0 Å². The molecule has 2 aliphatic heterocycles. The summed E-state index contributed by atoms with van der Waals surface area (Å²) in [5.41, 5.74) is 0.375. The van der Waals surface area contributed by atoms with Crippen LogP contribution in [0.1, 0.15) is 43.2 Å². The van der Waals surface area contributed by atoms with E-state index in [1.165, 1.54) is 12.8 Å². The average Bonchev–Trinajstić information content (AvgIpc) is 3.32. The summed E-state index contributed by atoms with van der Waals surface area (Å²) in [4.78, 5) is 2.46. The Bertz CT molecular complexity index is 772. The van der Waals surface area contributed by atoms with E-state index in [1.807, 2.05) is 6.07 Å². The molecule has 6 rings (SSSR count). The van der Waals surface area contributed by atoms with Gasteiger partial charge in [-0.2, -0.15) is 0 Å². The van der Waals surface area contributed by atoms with E-state index in [0.717, 1.165) is 36.6 Å². The van der Waals surface area contributed by atoms with Crippen LogP contribution in [-0.2, 0) is 11.8 Å². The van der Waals surface area contributed by atoms with Crippen molar-refractivity contribution in [2.75, 3.05) is 13.1 Å². The number of rotatable bonds is 2. The highest BCUT2D eigenvalue weighted by molar-refractivity contribution is 5.85. The van der Waals surface area contributed by atoms with E-state index in [2.05, 4.69) is 4.90 Å². The fourth-order valence-corrected chi connectivity index (χ4v) is 6.42. The number of ether oxygens (including phenoxy) is 1. The van der Waals surface area contributed by atoms with Crippen LogP contribution in [0, 0.1) is 5.92 Å². The van der Waals surface area contributed by atoms with Gasteiger partial charge in [-0.05, 0) is 62.6 Å². The normalized spacial score (nSPS) is 42.6. The SMILES string of the molecule is Cl.Oc1ccc2c3c1O[C@H]1[C@H](F)CC[C@@]4(O)[C@@H](C2)N(CC2CC2)CC[C@]314. The number of likely N-dealkylation sites (tertiary alicyclic amines) is 1. The number of halogens is 2. The molecular formula is C20H25ClFNO3. The van der Waals surface area contributed by atoms with Gasteiger partial charge in [0.25, 0.3) is 0 Å². The maximum Gasteiger partial charge on any atom is 0.165 e. The van der Waals surface area contributed by atoms with E-state index in [1.54, 1.807) is 6.07 Å². The monoisotopic (exact) mass is 381 g/mol. The van der Waals surface area contributed by atoms with Gasteiger partial charge in [-0.1, -0.05) is 6.07 Å². The minimum atomic E-state index is -1.09. The third kappa shape index (κ3) is 1.82. The second kappa shape index (κ2) is 5.27. The number of aliphatic hydroxyl groups is 1. The first-order valence-electron chi connectivity index (χ1n) is 9.67. The van der Waals surface area contributed by atoms with Crippen LogP contribution in [0.3, 0.4) is 0 Å². The van der Waals surface area contributed by atoms with Crippen LogP contribution >= 0.6 is 12.4 Å². The summed E-state index contributed by atoms with van der Waals surface area (Å²) < 4.78 is 20.9. The second-order valence-corrected chi connectivity index (χ2v) is 8.84. The van der Waals surface area contributed by atoms with Crippen LogP contribution in [0.5, 0.6) is 11.5 Å². The molecule has 5 aliphatic rings. The topological polar surface area (TPSA) is 52.9 Å². The van der Waals surface area contributed by atoms with Gasteiger partial charge in [0.2, 0.25) is 0 Å². The number of benzene rings is 1. The number of hydrogen-bond acceptors (Lipinski definition) is 4. The van der Waals surface area contributed by atoms with Crippen LogP contribution < -0.4 is 4.74 Å². The average molecular weight is 382 g/mol. The molecule has 0 unspecified atom stereocenters. The number of aromatic hydroxyl groups is 1. The number of nitrogens with zero attached hydrogens (tertiary/aromatic N) is 1. The van der Waals surface area contributed by atoms with E-state index >= 15 is 0 Å². The molecule has 0 radical (unpaired) electrons. The summed E-state index contributed by atoms with van der Waals surface area (Å²) in [5.74, 6) is 1.28. The largest absolute Gasteiger partial charge is 0.504 e. The highest BCUT2D eigenvalue weighted by atomic mass is 35.5. The first-order valence-corrected chi connectivity index (χ1v) is 9.67. The fourth-order valence-electron chi connectivity index (χ4n) is 6.42. The summed E-state index contributed by atoms with van der Waals surface area (Å²) in [6.07, 6.45) is 3.11. The number of alkyl halides is 1. The first-order chi connectivity index (χ1) is 12.0. The van der Waals surface area contributed by atoms with Crippen molar-refractivity contribution in [3.63, 3.8) is 0 Å². The maximum absolute atomic E-state index is 14.9. The Morgan fingerprint density at radius 1 is 1.23 bits per heavy atom. The van der Waals surface area contributed by atoms with Crippen LogP contribution in [0.2, 0.25) is 0 Å². The predicted octanol–water partition coefficient (Wildman–Crippen LogP) is 2.72. The van der Waals surface area contributed by atoms with Crippen molar-refractivity contribution in [3.8, 4) is 11.5 Å². The summed E-state index contributed by atoms with van der Waals surface area (Å²) in [6.45, 7) is 1.93. The predicted molar refractivity (Wildman–Crippen MR) is 96.9 cm³/mol. The summed E-state index contributed by atoms with van der Waals surface area (Å²) in [5, 5.41) is 22.3. The molecule has 5 atom stereocenters. The lowest BCUT2D eigenvalue weighted by atomic mass is 9.49. The third-order valence-corrected chi connectivity index (χ3v) is 7.69. The van der Waals surface area contributed by atoms with Crippen molar-refractivity contribution in [3.05, 3.63) is 23.3 Å². The van der Waals surface area contributed by atoms with Crippen molar-refractivity contribution in [2.45, 2.75) is 67.9 Å². The molecule has 1 saturated heterocycles. The van der Waals surface area contributed by atoms with E-state index in [-0.39, 0.29) is 24.2 Å². The molecule has 3 aliphatic carbocycles. The molecular weight excluding hydrogens is 357 g/mol. The summed E-state index contributed by atoms with van der Waals surface area (Å²) >= 11 is 0. The standard InChI is InChI=1S/C20H24FNO3.ClH/c21-13-5-6-20(24)15-9-12-3-4-14(23)17-16(12)19(20,18(13)25-17)7-8-22(15)10-11-1-2-11;/h3-4,11,13,15,18,23-24H,1-2,5-10H2;1H/t13-,15-,18+,19+,20-;/m1./s1. The van der Waals surface area contributed by atoms with Crippen molar-refractivity contribution >= 4 is 12.4 Å². The van der Waals surface area contributed by atoms with Gasteiger partial charge in [0.1, 0.15) is 12.3 Å². The maximum atomic E-state index is 14.9. The quantitative estimate of drug-likeness (QED) is 0.827. The number of phenols is 1. The Morgan fingerprint density at radius 3 is 2.81 bits per heavy atom. The smallest absolute Gasteiger partial charge is 0.165 e. The van der Waals surface area contributed by atoms with Crippen molar-refractivity contribution in [2.24, 2.45) is 5.92 Å². The molecule has 1 spiro atoms. The third-order valence-electron chi connectivity index (χ3n) is 7.69. The highest BCUT2D eigenvalue weighted by Gasteiger charge is 2.73. The highest BCUT2D eigenvalue weighted by Crippen LogP contribution is 2.65. The Morgan fingerprint density at radius 2 is 2.04 bits per heavy atom. The van der Waals surface area contributed by atoms with E-state index in [9.17, 15) is 14.6 Å². The molecule has 2 N–H and O–H groups in total. The lowest BCUT2D eigenvalue weighted by Gasteiger charge is -2.63. The van der Waals surface area contributed by atoms with E-state index < -0.39 is 23.3 Å². The lowest BCUT2D eigenvalue weighted by Crippen LogP contribution is -2.76. The minimum Gasteiger partial charge on any atom is -0.504 e. The number of phenolic OH excluding ortho intramolecular Hbond substituents is 1.